The van der Waals surface area contributed by atoms with Crippen molar-refractivity contribution in [2.75, 3.05) is 18.0 Å². The van der Waals surface area contributed by atoms with E-state index in [0.717, 1.165) is 25.9 Å². The molecule has 0 bridgehead atoms. The summed E-state index contributed by atoms with van der Waals surface area (Å²) in [6.07, 6.45) is 3.31. The number of hydrogen-bond acceptors (Lipinski definition) is 6. The average molecular weight is 491 g/mol. The van der Waals surface area contributed by atoms with Gasteiger partial charge in [-0.25, -0.2) is 18.7 Å². The van der Waals surface area contributed by atoms with Gasteiger partial charge in [0.1, 0.15) is 34.4 Å². The maximum absolute atomic E-state index is 16.3. The van der Waals surface area contributed by atoms with Crippen LogP contribution >= 0.6 is 0 Å². The second-order valence-corrected chi connectivity index (χ2v) is 10.6. The maximum Gasteiger partial charge on any atom is 0.175 e. The number of aromatic hydroxyl groups is 1. The summed E-state index contributed by atoms with van der Waals surface area (Å²) in [5.41, 5.74) is 1.07. The average Bonchev–Trinajstić information content (AvgIpc) is 2.80. The first kappa shape index (κ1) is 23.0. The number of pyridine rings is 1. The van der Waals surface area contributed by atoms with E-state index in [1.54, 1.807) is 18.3 Å². The summed E-state index contributed by atoms with van der Waals surface area (Å²) >= 11 is 0. The molecule has 2 aromatic heterocycles. The second-order valence-electron chi connectivity index (χ2n) is 10.6. The summed E-state index contributed by atoms with van der Waals surface area (Å²) in [7, 11) is 0. The van der Waals surface area contributed by atoms with Crippen molar-refractivity contribution in [3.8, 4) is 17.0 Å². The number of fused-ring (bicyclic) bond motifs is 2. The Kier molecular flexibility index (Phi) is 5.16. The lowest BCUT2D eigenvalue weighted by atomic mass is 9.62. The molecule has 1 aliphatic carbocycles. The number of phenolic OH excluding ortho intramolecular Hbond substituents is 1. The second kappa shape index (κ2) is 8.06. The van der Waals surface area contributed by atoms with E-state index < -0.39 is 5.82 Å². The van der Waals surface area contributed by atoms with Gasteiger partial charge in [0.05, 0.1) is 11.5 Å². The number of benzene rings is 2. The zero-order chi connectivity index (χ0) is 25.4. The van der Waals surface area contributed by atoms with E-state index >= 15 is 4.39 Å². The summed E-state index contributed by atoms with van der Waals surface area (Å²) in [4.78, 5) is 15.9. The lowest BCUT2D eigenvalue weighted by molar-refractivity contribution is -0.0493. The summed E-state index contributed by atoms with van der Waals surface area (Å²) in [5.74, 6) is 0.113. The number of hydrogen-bond donors (Lipinski definition) is 2. The molecule has 0 unspecified atom stereocenters. The van der Waals surface area contributed by atoms with Crippen LogP contribution in [0.5, 0.6) is 5.75 Å². The van der Waals surface area contributed by atoms with Crippen molar-refractivity contribution in [1.82, 2.24) is 15.0 Å². The number of aromatic nitrogens is 3. The number of phenols is 1. The highest BCUT2D eigenvalue weighted by Gasteiger charge is 2.52. The van der Waals surface area contributed by atoms with Crippen LogP contribution in [0, 0.1) is 17.0 Å². The minimum atomic E-state index is -0.620. The van der Waals surface area contributed by atoms with Gasteiger partial charge in [0.2, 0.25) is 0 Å². The molecule has 6 nitrogen and oxygen atoms in total. The number of aliphatic hydroxyl groups excluding tert-OH is 1. The fourth-order valence-corrected chi connectivity index (χ4v) is 5.89. The molecule has 0 atom stereocenters. The number of rotatable bonds is 4. The van der Waals surface area contributed by atoms with E-state index in [1.165, 1.54) is 12.1 Å². The zero-order valence-electron chi connectivity index (χ0n) is 20.5. The van der Waals surface area contributed by atoms with Crippen molar-refractivity contribution in [2.24, 2.45) is 5.41 Å². The molecular weight excluding hydrogens is 462 g/mol. The molecule has 6 rings (SSSR count). The minimum Gasteiger partial charge on any atom is -0.508 e. The highest BCUT2D eigenvalue weighted by molar-refractivity contribution is 6.01. The molecular formula is C28H28F2N4O2. The van der Waals surface area contributed by atoms with E-state index in [4.69, 9.17) is 4.98 Å². The molecule has 1 spiro atoms. The predicted octanol–water partition coefficient (Wildman–Crippen LogP) is 5.48. The monoisotopic (exact) mass is 490 g/mol. The molecule has 1 saturated heterocycles. The van der Waals surface area contributed by atoms with Crippen LogP contribution in [0.1, 0.15) is 50.9 Å². The summed E-state index contributed by atoms with van der Waals surface area (Å²) in [6, 6.07) is 5.93. The third-order valence-corrected chi connectivity index (χ3v) is 7.65. The van der Waals surface area contributed by atoms with Crippen LogP contribution in [-0.4, -0.2) is 44.4 Å². The summed E-state index contributed by atoms with van der Waals surface area (Å²) in [5, 5.41) is 21.8. The van der Waals surface area contributed by atoms with Gasteiger partial charge in [-0.2, -0.15) is 0 Å². The largest absolute Gasteiger partial charge is 0.508 e. The first-order valence-electron chi connectivity index (χ1n) is 12.4. The Bertz CT molecular complexity index is 1520. The van der Waals surface area contributed by atoms with E-state index in [0.29, 0.717) is 45.3 Å². The maximum atomic E-state index is 16.3. The van der Waals surface area contributed by atoms with Gasteiger partial charge >= 0.3 is 0 Å². The van der Waals surface area contributed by atoms with Crippen LogP contribution in [0.15, 0.2) is 30.5 Å². The number of aryl methyl sites for hydroxylation is 1. The van der Waals surface area contributed by atoms with Gasteiger partial charge in [-0.3, -0.25) is 4.98 Å². The van der Waals surface area contributed by atoms with Crippen molar-refractivity contribution in [3.63, 3.8) is 0 Å². The van der Waals surface area contributed by atoms with E-state index in [2.05, 4.69) is 14.9 Å². The molecule has 1 aliphatic heterocycles. The van der Waals surface area contributed by atoms with Crippen LogP contribution in [0.25, 0.3) is 32.9 Å². The van der Waals surface area contributed by atoms with Gasteiger partial charge in [-0.15, -0.1) is 0 Å². The molecule has 0 radical (unpaired) electrons. The van der Waals surface area contributed by atoms with Crippen molar-refractivity contribution in [2.45, 2.75) is 52.1 Å². The number of halogens is 2. The molecule has 2 aliphatic rings. The van der Waals surface area contributed by atoms with Crippen LogP contribution in [0.3, 0.4) is 0 Å². The van der Waals surface area contributed by atoms with Gasteiger partial charge in [-0.1, -0.05) is 26.8 Å². The van der Waals surface area contributed by atoms with Gasteiger partial charge in [0.15, 0.2) is 5.82 Å². The Morgan fingerprint density at radius 1 is 1.14 bits per heavy atom. The highest BCUT2D eigenvalue weighted by atomic mass is 19.1. The van der Waals surface area contributed by atoms with Gasteiger partial charge < -0.3 is 15.1 Å². The summed E-state index contributed by atoms with van der Waals surface area (Å²) < 4.78 is 31.0. The van der Waals surface area contributed by atoms with E-state index in [-0.39, 0.29) is 40.2 Å². The first-order chi connectivity index (χ1) is 17.2. The lowest BCUT2D eigenvalue weighted by Crippen LogP contribution is -2.64. The molecule has 8 heteroatoms. The lowest BCUT2D eigenvalue weighted by Gasteiger charge is -2.58. The van der Waals surface area contributed by atoms with Crippen LogP contribution in [0.4, 0.5) is 14.6 Å². The fourth-order valence-electron chi connectivity index (χ4n) is 5.89. The Morgan fingerprint density at radius 3 is 2.56 bits per heavy atom. The molecule has 0 amide bonds. The molecule has 2 aromatic carbocycles. The van der Waals surface area contributed by atoms with Crippen molar-refractivity contribution in [3.05, 3.63) is 53.5 Å². The molecule has 4 aromatic rings. The Hall–Kier alpha value is -3.39. The Labute approximate surface area is 207 Å². The summed E-state index contributed by atoms with van der Waals surface area (Å²) in [6.45, 7) is 7.28. The molecule has 186 valence electrons. The van der Waals surface area contributed by atoms with Gasteiger partial charge in [0.25, 0.3) is 0 Å². The third-order valence-electron chi connectivity index (χ3n) is 7.65. The van der Waals surface area contributed by atoms with Crippen molar-refractivity contribution in [1.29, 1.82) is 0 Å². The standard InChI is InChI=1S/C28H28F2N4O2/c1-4-18-21(29)6-5-15-7-16(35)8-19(22(15)18)24-23(30)25-20(11-31-24)27(33-26(32-25)14(2)3)34-12-28(13-34)9-17(36)10-28/h5-8,11,14,17,35-36H,4,9-10,12-13H2,1-3H3. The molecule has 3 heterocycles. The molecule has 1 saturated carbocycles. The van der Waals surface area contributed by atoms with E-state index in [9.17, 15) is 14.6 Å². The molecule has 2 N–H and O–H groups in total. The quantitative estimate of drug-likeness (QED) is 0.395. The van der Waals surface area contributed by atoms with Crippen molar-refractivity contribution >= 4 is 27.5 Å². The number of aliphatic hydroxyl groups is 1. The SMILES string of the molecule is CCc1c(F)ccc2cc(O)cc(-c3ncc4c(N5CC6(CC(O)C6)C5)nc(C(C)C)nc4c3F)c12. The smallest absolute Gasteiger partial charge is 0.175 e. The number of anilines is 1. The van der Waals surface area contributed by atoms with Gasteiger partial charge in [-0.05, 0) is 53.8 Å². The van der Waals surface area contributed by atoms with Crippen molar-refractivity contribution < 1.29 is 19.0 Å². The van der Waals surface area contributed by atoms with Gasteiger partial charge in [0, 0.05) is 36.2 Å². The minimum absolute atomic E-state index is 0.0188. The normalized spacial score (nSPS) is 17.2. The van der Waals surface area contributed by atoms with Crippen LogP contribution in [0.2, 0.25) is 0 Å². The van der Waals surface area contributed by atoms with Crippen LogP contribution in [-0.2, 0) is 6.42 Å². The number of nitrogens with zero attached hydrogens (tertiary/aromatic N) is 4. The van der Waals surface area contributed by atoms with Crippen LogP contribution < -0.4 is 4.90 Å². The Balaban J connectivity index is 1.55. The highest BCUT2D eigenvalue weighted by Crippen LogP contribution is 2.50. The zero-order valence-corrected chi connectivity index (χ0v) is 20.5. The van der Waals surface area contributed by atoms with E-state index in [1.807, 2.05) is 20.8 Å². The third kappa shape index (κ3) is 3.42. The Morgan fingerprint density at radius 2 is 1.89 bits per heavy atom. The first-order valence-corrected chi connectivity index (χ1v) is 12.4. The molecule has 2 fully saturated rings. The predicted molar refractivity (Wildman–Crippen MR) is 135 cm³/mol. The topological polar surface area (TPSA) is 82.4 Å². The molecule has 36 heavy (non-hydrogen) atoms. The fraction of sp³-hybridized carbons (Fsp3) is 0.393.